The molecule has 1 unspecified atom stereocenters. The van der Waals surface area contributed by atoms with Crippen molar-refractivity contribution in [2.45, 2.75) is 38.6 Å². The van der Waals surface area contributed by atoms with Gasteiger partial charge in [-0.2, -0.15) is 0 Å². The zero-order chi connectivity index (χ0) is 14.5. The van der Waals surface area contributed by atoms with Crippen LogP contribution in [0.5, 0.6) is 0 Å². The zero-order valence-corrected chi connectivity index (χ0v) is 13.4. The molecule has 2 aliphatic heterocycles. The fourth-order valence-corrected chi connectivity index (χ4v) is 3.62. The van der Waals surface area contributed by atoms with E-state index in [1.54, 1.807) is 0 Å². The number of nitrogens with zero attached hydrogens (tertiary/aromatic N) is 2. The molecule has 21 heavy (non-hydrogen) atoms. The SMILES string of the molecule is Cc1cccc(N2CCN(CCCC3CCCN3)CC2)c1. The van der Waals surface area contributed by atoms with Crippen molar-refractivity contribution in [2.75, 3.05) is 44.2 Å². The molecule has 3 rings (SSSR count). The molecule has 0 spiro atoms. The minimum Gasteiger partial charge on any atom is -0.369 e. The van der Waals surface area contributed by atoms with E-state index < -0.39 is 0 Å². The molecule has 0 saturated carbocycles. The minimum atomic E-state index is 0.804. The maximum Gasteiger partial charge on any atom is 0.0369 e. The normalized spacial score (nSPS) is 23.7. The third kappa shape index (κ3) is 4.21. The van der Waals surface area contributed by atoms with Crippen LogP contribution >= 0.6 is 0 Å². The molecule has 1 aromatic rings. The summed E-state index contributed by atoms with van der Waals surface area (Å²) in [6.45, 7) is 9.46. The second-order valence-corrected chi connectivity index (χ2v) is 6.60. The van der Waals surface area contributed by atoms with Crippen LogP contribution in [-0.4, -0.2) is 50.2 Å². The van der Waals surface area contributed by atoms with Crippen molar-refractivity contribution in [1.29, 1.82) is 0 Å². The summed E-state index contributed by atoms with van der Waals surface area (Å²) < 4.78 is 0. The fraction of sp³-hybridized carbons (Fsp3) is 0.667. The van der Waals surface area contributed by atoms with Gasteiger partial charge in [0.25, 0.3) is 0 Å². The Kier molecular flexibility index (Phi) is 5.15. The number of benzene rings is 1. The van der Waals surface area contributed by atoms with E-state index in [-0.39, 0.29) is 0 Å². The van der Waals surface area contributed by atoms with Gasteiger partial charge in [-0.3, -0.25) is 4.90 Å². The van der Waals surface area contributed by atoms with E-state index in [4.69, 9.17) is 0 Å². The first-order chi connectivity index (χ1) is 10.3. The van der Waals surface area contributed by atoms with Crippen molar-refractivity contribution in [3.63, 3.8) is 0 Å². The summed E-state index contributed by atoms with van der Waals surface area (Å²) in [6, 6.07) is 9.71. The van der Waals surface area contributed by atoms with Gasteiger partial charge in [-0.25, -0.2) is 0 Å². The summed E-state index contributed by atoms with van der Waals surface area (Å²) in [6.07, 6.45) is 5.47. The summed E-state index contributed by atoms with van der Waals surface area (Å²) in [5.74, 6) is 0. The number of piperazine rings is 1. The summed E-state index contributed by atoms with van der Waals surface area (Å²) in [4.78, 5) is 5.17. The van der Waals surface area contributed by atoms with Gasteiger partial charge in [0, 0.05) is 37.9 Å². The first kappa shape index (κ1) is 14.9. The van der Waals surface area contributed by atoms with Crippen LogP contribution in [0.1, 0.15) is 31.2 Å². The molecule has 3 heteroatoms. The molecular weight excluding hydrogens is 258 g/mol. The monoisotopic (exact) mass is 287 g/mol. The number of hydrogen-bond donors (Lipinski definition) is 1. The smallest absolute Gasteiger partial charge is 0.0369 e. The van der Waals surface area contributed by atoms with E-state index >= 15 is 0 Å². The number of rotatable bonds is 5. The average Bonchev–Trinajstić information content (AvgIpc) is 3.01. The Morgan fingerprint density at radius 2 is 2.05 bits per heavy atom. The van der Waals surface area contributed by atoms with Gasteiger partial charge < -0.3 is 10.2 Å². The third-order valence-corrected chi connectivity index (χ3v) is 4.93. The number of nitrogens with one attached hydrogen (secondary N) is 1. The Hall–Kier alpha value is -1.06. The summed E-state index contributed by atoms with van der Waals surface area (Å²) in [5.41, 5.74) is 2.75. The van der Waals surface area contributed by atoms with Crippen molar-refractivity contribution in [3.8, 4) is 0 Å². The van der Waals surface area contributed by atoms with Crippen LogP contribution in [0, 0.1) is 6.92 Å². The van der Waals surface area contributed by atoms with Crippen LogP contribution in [-0.2, 0) is 0 Å². The van der Waals surface area contributed by atoms with Crippen LogP contribution in [0.4, 0.5) is 5.69 Å². The van der Waals surface area contributed by atoms with E-state index in [9.17, 15) is 0 Å². The largest absolute Gasteiger partial charge is 0.369 e. The lowest BCUT2D eigenvalue weighted by Crippen LogP contribution is -2.46. The second kappa shape index (κ2) is 7.28. The summed E-state index contributed by atoms with van der Waals surface area (Å²) in [7, 11) is 0. The molecule has 0 amide bonds. The average molecular weight is 287 g/mol. The van der Waals surface area contributed by atoms with Crippen molar-refractivity contribution >= 4 is 5.69 Å². The van der Waals surface area contributed by atoms with Crippen molar-refractivity contribution in [2.24, 2.45) is 0 Å². The molecule has 1 aromatic carbocycles. The van der Waals surface area contributed by atoms with Crippen LogP contribution < -0.4 is 10.2 Å². The van der Waals surface area contributed by atoms with Crippen LogP contribution in [0.3, 0.4) is 0 Å². The highest BCUT2D eigenvalue weighted by molar-refractivity contribution is 5.48. The van der Waals surface area contributed by atoms with Gasteiger partial charge in [0.15, 0.2) is 0 Å². The molecule has 0 bridgehead atoms. The summed E-state index contributed by atoms with van der Waals surface area (Å²) >= 11 is 0. The van der Waals surface area contributed by atoms with Gasteiger partial charge in [-0.05, 0) is 63.4 Å². The molecule has 3 nitrogen and oxygen atoms in total. The lowest BCUT2D eigenvalue weighted by Gasteiger charge is -2.36. The third-order valence-electron chi connectivity index (χ3n) is 4.93. The van der Waals surface area contributed by atoms with Crippen molar-refractivity contribution in [1.82, 2.24) is 10.2 Å². The molecule has 0 aromatic heterocycles. The molecular formula is C18H29N3. The summed E-state index contributed by atoms with van der Waals surface area (Å²) in [5, 5.41) is 3.60. The molecule has 0 radical (unpaired) electrons. The number of aryl methyl sites for hydroxylation is 1. The standard InChI is InChI=1S/C18H29N3/c1-16-5-2-8-18(15-16)21-13-11-20(12-14-21)10-4-7-17-6-3-9-19-17/h2,5,8,15,17,19H,3-4,6-7,9-14H2,1H3. The lowest BCUT2D eigenvalue weighted by molar-refractivity contribution is 0.249. The van der Waals surface area contributed by atoms with Gasteiger partial charge >= 0.3 is 0 Å². The van der Waals surface area contributed by atoms with E-state index in [1.807, 2.05) is 0 Å². The van der Waals surface area contributed by atoms with Crippen LogP contribution in [0.25, 0.3) is 0 Å². The zero-order valence-electron chi connectivity index (χ0n) is 13.4. The molecule has 1 atom stereocenters. The highest BCUT2D eigenvalue weighted by Gasteiger charge is 2.18. The van der Waals surface area contributed by atoms with Gasteiger partial charge in [0.1, 0.15) is 0 Å². The molecule has 2 fully saturated rings. The minimum absolute atomic E-state index is 0.804. The predicted octanol–water partition coefficient (Wildman–Crippen LogP) is 2.65. The van der Waals surface area contributed by atoms with E-state index in [1.165, 1.54) is 76.2 Å². The first-order valence-corrected chi connectivity index (χ1v) is 8.58. The number of hydrogen-bond acceptors (Lipinski definition) is 3. The Morgan fingerprint density at radius 1 is 1.19 bits per heavy atom. The number of anilines is 1. The molecule has 116 valence electrons. The van der Waals surface area contributed by atoms with Gasteiger partial charge in [0.2, 0.25) is 0 Å². The van der Waals surface area contributed by atoms with Gasteiger partial charge in [0.05, 0.1) is 0 Å². The molecule has 2 aliphatic rings. The van der Waals surface area contributed by atoms with Crippen LogP contribution in [0.2, 0.25) is 0 Å². The van der Waals surface area contributed by atoms with Crippen molar-refractivity contribution < 1.29 is 0 Å². The molecule has 0 aliphatic carbocycles. The van der Waals surface area contributed by atoms with Gasteiger partial charge in [-0.1, -0.05) is 12.1 Å². The highest BCUT2D eigenvalue weighted by Crippen LogP contribution is 2.18. The highest BCUT2D eigenvalue weighted by atomic mass is 15.3. The molecule has 2 heterocycles. The Labute approximate surface area is 129 Å². The molecule has 1 N–H and O–H groups in total. The maximum absolute atomic E-state index is 3.60. The second-order valence-electron chi connectivity index (χ2n) is 6.60. The quantitative estimate of drug-likeness (QED) is 0.898. The first-order valence-electron chi connectivity index (χ1n) is 8.58. The Morgan fingerprint density at radius 3 is 2.76 bits per heavy atom. The van der Waals surface area contributed by atoms with E-state index in [0.29, 0.717) is 0 Å². The van der Waals surface area contributed by atoms with E-state index in [0.717, 1.165) is 6.04 Å². The lowest BCUT2D eigenvalue weighted by atomic mass is 10.1. The Balaban J connectivity index is 1.38. The Bertz CT molecular complexity index is 432. The molecule has 2 saturated heterocycles. The van der Waals surface area contributed by atoms with Crippen molar-refractivity contribution in [3.05, 3.63) is 29.8 Å². The topological polar surface area (TPSA) is 18.5 Å². The van der Waals surface area contributed by atoms with E-state index in [2.05, 4.69) is 46.3 Å². The maximum atomic E-state index is 3.60. The van der Waals surface area contributed by atoms with Gasteiger partial charge in [-0.15, -0.1) is 0 Å². The van der Waals surface area contributed by atoms with Crippen LogP contribution in [0.15, 0.2) is 24.3 Å². The fourth-order valence-electron chi connectivity index (χ4n) is 3.62. The predicted molar refractivity (Wildman–Crippen MR) is 90.1 cm³/mol.